The number of carbonyl (C=O) groups excluding carboxylic acids is 4. The van der Waals surface area contributed by atoms with Crippen LogP contribution in [0.2, 0.25) is 0 Å². The third kappa shape index (κ3) is 6.23. The van der Waals surface area contributed by atoms with E-state index in [1.54, 1.807) is 29.2 Å². The fourth-order valence-corrected chi connectivity index (χ4v) is 4.01. The Kier molecular flexibility index (Phi) is 8.83. The summed E-state index contributed by atoms with van der Waals surface area (Å²) in [5.74, 6) is -1.69. The molecule has 2 heterocycles. The summed E-state index contributed by atoms with van der Waals surface area (Å²) >= 11 is 0. The third-order valence-electron chi connectivity index (χ3n) is 6.13. The van der Waals surface area contributed by atoms with Crippen LogP contribution in [0.3, 0.4) is 0 Å². The van der Waals surface area contributed by atoms with Crippen molar-refractivity contribution in [2.45, 2.75) is 25.4 Å². The molecule has 2 aliphatic heterocycles. The van der Waals surface area contributed by atoms with Gasteiger partial charge in [-0.05, 0) is 18.7 Å². The minimum atomic E-state index is -1.16. The maximum absolute atomic E-state index is 13.3. The minimum absolute atomic E-state index is 0.0999. The van der Waals surface area contributed by atoms with E-state index in [-0.39, 0.29) is 31.0 Å². The molecule has 3 N–H and O–H groups in total. The van der Waals surface area contributed by atoms with Gasteiger partial charge < -0.3 is 35.2 Å². The molecular weight excluding hydrogens is 442 g/mol. The summed E-state index contributed by atoms with van der Waals surface area (Å²) in [4.78, 5) is 57.0. The van der Waals surface area contributed by atoms with E-state index in [9.17, 15) is 24.3 Å². The fraction of sp³-hybridized carbons (Fsp3) is 0.565. The smallest absolute Gasteiger partial charge is 0.255 e. The molecule has 2 aliphatic rings. The largest absolute Gasteiger partial charge is 0.491 e. The van der Waals surface area contributed by atoms with E-state index in [4.69, 9.17) is 4.74 Å². The monoisotopic (exact) mass is 475 g/mol. The predicted octanol–water partition coefficient (Wildman–Crippen LogP) is -1.33. The van der Waals surface area contributed by atoms with E-state index in [0.29, 0.717) is 31.9 Å². The first-order valence-corrected chi connectivity index (χ1v) is 11.5. The van der Waals surface area contributed by atoms with Crippen molar-refractivity contribution in [1.82, 2.24) is 25.3 Å². The van der Waals surface area contributed by atoms with Crippen LogP contribution in [0.4, 0.5) is 0 Å². The Bertz CT molecular complexity index is 902. The first kappa shape index (κ1) is 25.4. The SMILES string of the molecule is CCN1CCN(C(=O)[C@@H]2CC(=O)N[C@@H](CO)C(=O)N(C)CCOc3ccccc3C(=O)N2)CC1. The van der Waals surface area contributed by atoms with Crippen molar-refractivity contribution in [1.29, 1.82) is 0 Å². The van der Waals surface area contributed by atoms with Gasteiger partial charge in [-0.3, -0.25) is 19.2 Å². The number of hydrogen-bond acceptors (Lipinski definition) is 7. The van der Waals surface area contributed by atoms with E-state index in [1.807, 2.05) is 0 Å². The van der Waals surface area contributed by atoms with Crippen LogP contribution < -0.4 is 15.4 Å². The summed E-state index contributed by atoms with van der Waals surface area (Å²) in [6, 6.07) is 4.31. The number of hydrogen-bond donors (Lipinski definition) is 3. The van der Waals surface area contributed by atoms with Crippen LogP contribution in [0, 0.1) is 0 Å². The molecule has 1 aromatic rings. The molecule has 1 aromatic carbocycles. The lowest BCUT2D eigenvalue weighted by atomic mass is 10.1. The Hall–Kier alpha value is -3.18. The summed E-state index contributed by atoms with van der Waals surface area (Å²) in [6.07, 6.45) is -0.366. The first-order chi connectivity index (χ1) is 16.3. The number of ether oxygens (including phenoxy) is 1. The molecule has 0 aromatic heterocycles. The van der Waals surface area contributed by atoms with E-state index >= 15 is 0 Å². The zero-order valence-corrected chi connectivity index (χ0v) is 19.7. The number of para-hydroxylation sites is 1. The Morgan fingerprint density at radius 1 is 1.09 bits per heavy atom. The molecule has 11 nitrogen and oxygen atoms in total. The van der Waals surface area contributed by atoms with Crippen molar-refractivity contribution in [3.8, 4) is 5.75 Å². The van der Waals surface area contributed by atoms with Gasteiger partial charge in [0.2, 0.25) is 17.7 Å². The zero-order valence-electron chi connectivity index (χ0n) is 19.7. The van der Waals surface area contributed by atoms with Crippen molar-refractivity contribution in [2.24, 2.45) is 0 Å². The molecule has 11 heteroatoms. The molecule has 1 saturated heterocycles. The average molecular weight is 476 g/mol. The standard InChI is InChI=1S/C23H33N5O6/c1-3-27-8-10-28(11-9-27)23(33)17-14-20(30)24-18(15-29)22(32)26(2)12-13-34-19-7-5-4-6-16(19)21(31)25-17/h4-7,17-18,29H,3,8-15H2,1-2H3,(H,24,30)(H,25,31)/t17-,18-/m0/s1. The number of rotatable bonds is 3. The highest BCUT2D eigenvalue weighted by Gasteiger charge is 2.32. The Balaban J connectivity index is 1.87. The van der Waals surface area contributed by atoms with Gasteiger partial charge in [-0.2, -0.15) is 0 Å². The maximum Gasteiger partial charge on any atom is 0.255 e. The van der Waals surface area contributed by atoms with Crippen molar-refractivity contribution in [2.75, 3.05) is 59.5 Å². The van der Waals surface area contributed by atoms with Crippen LogP contribution >= 0.6 is 0 Å². The van der Waals surface area contributed by atoms with E-state index in [0.717, 1.165) is 6.54 Å². The molecule has 0 spiro atoms. The molecule has 34 heavy (non-hydrogen) atoms. The fourth-order valence-electron chi connectivity index (χ4n) is 4.01. The van der Waals surface area contributed by atoms with Crippen LogP contribution in [0.5, 0.6) is 5.75 Å². The highest BCUT2D eigenvalue weighted by atomic mass is 16.5. The highest BCUT2D eigenvalue weighted by molar-refractivity contribution is 6.01. The number of fused-ring (bicyclic) bond motifs is 1. The first-order valence-electron chi connectivity index (χ1n) is 11.5. The topological polar surface area (TPSA) is 132 Å². The van der Waals surface area contributed by atoms with Crippen molar-refractivity contribution in [3.63, 3.8) is 0 Å². The van der Waals surface area contributed by atoms with Gasteiger partial charge in [0.05, 0.1) is 25.1 Å². The molecule has 186 valence electrons. The molecule has 2 atom stereocenters. The number of benzene rings is 1. The second-order valence-electron chi connectivity index (χ2n) is 8.40. The van der Waals surface area contributed by atoms with Crippen molar-refractivity contribution >= 4 is 23.6 Å². The Morgan fingerprint density at radius 2 is 1.79 bits per heavy atom. The lowest BCUT2D eigenvalue weighted by Crippen LogP contribution is -2.57. The number of nitrogens with zero attached hydrogens (tertiary/aromatic N) is 3. The second-order valence-corrected chi connectivity index (χ2v) is 8.40. The van der Waals surface area contributed by atoms with Crippen LogP contribution in [0.1, 0.15) is 23.7 Å². The van der Waals surface area contributed by atoms with E-state index < -0.39 is 36.4 Å². The van der Waals surface area contributed by atoms with Crippen LogP contribution in [-0.4, -0.2) is 115 Å². The third-order valence-corrected chi connectivity index (χ3v) is 6.13. The van der Waals surface area contributed by atoms with Gasteiger partial charge in [0.25, 0.3) is 5.91 Å². The lowest BCUT2D eigenvalue weighted by molar-refractivity contribution is -0.139. The molecule has 0 unspecified atom stereocenters. The molecule has 0 bridgehead atoms. The second kappa shape index (κ2) is 11.8. The predicted molar refractivity (Wildman–Crippen MR) is 123 cm³/mol. The van der Waals surface area contributed by atoms with E-state index in [2.05, 4.69) is 22.5 Å². The number of aliphatic hydroxyl groups is 1. The van der Waals surface area contributed by atoms with Gasteiger partial charge in [-0.1, -0.05) is 19.1 Å². The number of amides is 4. The van der Waals surface area contributed by atoms with Gasteiger partial charge in [0.1, 0.15) is 24.4 Å². The quantitative estimate of drug-likeness (QED) is 0.494. The zero-order chi connectivity index (χ0) is 24.7. The molecule has 1 fully saturated rings. The van der Waals surface area contributed by atoms with Crippen LogP contribution in [0.15, 0.2) is 24.3 Å². The average Bonchev–Trinajstić information content (AvgIpc) is 2.85. The molecule has 0 aliphatic carbocycles. The maximum atomic E-state index is 13.3. The Labute approximate surface area is 199 Å². The highest BCUT2D eigenvalue weighted by Crippen LogP contribution is 2.19. The van der Waals surface area contributed by atoms with Gasteiger partial charge >= 0.3 is 0 Å². The molecular formula is C23H33N5O6. The summed E-state index contributed by atoms with van der Waals surface area (Å²) in [5, 5.41) is 14.8. The van der Waals surface area contributed by atoms with Crippen LogP contribution in [-0.2, 0) is 14.4 Å². The van der Waals surface area contributed by atoms with Crippen LogP contribution in [0.25, 0.3) is 0 Å². The molecule has 0 radical (unpaired) electrons. The lowest BCUT2D eigenvalue weighted by Gasteiger charge is -2.36. The number of piperazine rings is 1. The summed E-state index contributed by atoms with van der Waals surface area (Å²) in [7, 11) is 1.53. The number of aliphatic hydroxyl groups excluding tert-OH is 1. The number of nitrogens with one attached hydrogen (secondary N) is 2. The normalized spacial score (nSPS) is 23.3. The molecule has 0 saturated carbocycles. The van der Waals surface area contributed by atoms with Gasteiger partial charge in [-0.15, -0.1) is 0 Å². The molecule has 4 amide bonds. The summed E-state index contributed by atoms with van der Waals surface area (Å²) in [6.45, 7) is 5.02. The Morgan fingerprint density at radius 3 is 2.47 bits per heavy atom. The van der Waals surface area contributed by atoms with Gasteiger partial charge in [-0.25, -0.2) is 0 Å². The van der Waals surface area contributed by atoms with Crippen molar-refractivity contribution < 1.29 is 29.0 Å². The van der Waals surface area contributed by atoms with E-state index in [1.165, 1.54) is 11.9 Å². The summed E-state index contributed by atoms with van der Waals surface area (Å²) in [5.41, 5.74) is 0.232. The minimum Gasteiger partial charge on any atom is -0.491 e. The summed E-state index contributed by atoms with van der Waals surface area (Å²) < 4.78 is 5.74. The van der Waals surface area contributed by atoms with Gasteiger partial charge in [0, 0.05) is 33.2 Å². The van der Waals surface area contributed by atoms with Crippen molar-refractivity contribution in [3.05, 3.63) is 29.8 Å². The number of likely N-dealkylation sites (N-methyl/N-ethyl adjacent to an activating group) is 2. The molecule has 3 rings (SSSR count). The van der Waals surface area contributed by atoms with Gasteiger partial charge in [0.15, 0.2) is 0 Å². The number of carbonyl (C=O) groups is 4.